The zero-order valence-corrected chi connectivity index (χ0v) is 19.0. The van der Waals surface area contributed by atoms with Crippen LogP contribution in [-0.2, 0) is 17.5 Å². The van der Waals surface area contributed by atoms with Crippen LogP contribution in [0.15, 0.2) is 42.6 Å². The molecule has 0 bridgehead atoms. The standard InChI is InChI=1S/C26H24F3N3O3/c1-2-3-17-8-13-21(24(33)31-20-11-6-18(7-12-20)25(34)35)23-22(17)14-30-32(23)15-16-4-9-19(10-5-16)26(27,28)29/h4-5,8-10,13-14,18,20H,6-7,11-12,15H2,1H3,(H,31,33)(H,34,35). The number of benzene rings is 2. The zero-order valence-electron chi connectivity index (χ0n) is 19.0. The minimum absolute atomic E-state index is 0.130. The highest BCUT2D eigenvalue weighted by Gasteiger charge is 2.30. The molecule has 0 unspecified atom stereocenters. The maximum atomic E-state index is 13.2. The molecule has 0 radical (unpaired) electrons. The first kappa shape index (κ1) is 24.3. The summed E-state index contributed by atoms with van der Waals surface area (Å²) in [6.07, 6.45) is -0.640. The molecule has 0 spiro atoms. The first-order chi connectivity index (χ1) is 16.7. The second-order valence-electron chi connectivity index (χ2n) is 8.66. The molecule has 1 amide bonds. The number of carboxylic acid groups (broad SMARTS) is 1. The molecular formula is C26H24F3N3O3. The van der Waals surface area contributed by atoms with Crippen LogP contribution in [0.25, 0.3) is 10.9 Å². The summed E-state index contributed by atoms with van der Waals surface area (Å²) in [5, 5.41) is 17.3. The van der Waals surface area contributed by atoms with Gasteiger partial charge in [0.15, 0.2) is 0 Å². The van der Waals surface area contributed by atoms with Gasteiger partial charge in [0.25, 0.3) is 5.91 Å². The van der Waals surface area contributed by atoms with Gasteiger partial charge in [0, 0.05) is 17.0 Å². The predicted octanol–water partition coefficient (Wildman–Crippen LogP) is 4.85. The Morgan fingerprint density at radius 1 is 1.11 bits per heavy atom. The largest absolute Gasteiger partial charge is 0.481 e. The fourth-order valence-electron chi connectivity index (χ4n) is 4.47. The fourth-order valence-corrected chi connectivity index (χ4v) is 4.47. The van der Waals surface area contributed by atoms with E-state index in [0.717, 1.165) is 12.1 Å². The van der Waals surface area contributed by atoms with Crippen molar-refractivity contribution in [1.82, 2.24) is 15.1 Å². The summed E-state index contributed by atoms with van der Waals surface area (Å²) in [4.78, 5) is 24.4. The molecule has 2 N–H and O–H groups in total. The van der Waals surface area contributed by atoms with Crippen LogP contribution < -0.4 is 5.32 Å². The topological polar surface area (TPSA) is 84.2 Å². The third-order valence-electron chi connectivity index (χ3n) is 6.33. The lowest BCUT2D eigenvalue weighted by Gasteiger charge is -2.27. The van der Waals surface area contributed by atoms with E-state index in [1.165, 1.54) is 12.1 Å². The molecule has 1 saturated carbocycles. The average Bonchev–Trinajstić information content (AvgIpc) is 3.23. The molecule has 1 aromatic heterocycles. The molecule has 1 aliphatic carbocycles. The van der Waals surface area contributed by atoms with Crippen molar-refractivity contribution in [3.63, 3.8) is 0 Å². The number of halogens is 3. The SMILES string of the molecule is CC#Cc1ccc(C(=O)NC2CCC(C(=O)O)CC2)c2c1cnn2Cc1ccc(C(F)(F)F)cc1. The number of carbonyl (C=O) groups is 2. The van der Waals surface area contributed by atoms with E-state index in [1.807, 2.05) is 0 Å². The van der Waals surface area contributed by atoms with Crippen LogP contribution in [0.2, 0.25) is 0 Å². The second kappa shape index (κ2) is 9.82. The number of hydrogen-bond donors (Lipinski definition) is 2. The van der Waals surface area contributed by atoms with Crippen molar-refractivity contribution in [3.8, 4) is 11.8 Å². The predicted molar refractivity (Wildman–Crippen MR) is 124 cm³/mol. The first-order valence-electron chi connectivity index (χ1n) is 11.3. The number of aromatic nitrogens is 2. The van der Waals surface area contributed by atoms with Gasteiger partial charge in [0.2, 0.25) is 0 Å². The molecule has 182 valence electrons. The van der Waals surface area contributed by atoms with Gasteiger partial charge in [-0.2, -0.15) is 18.3 Å². The number of aliphatic carboxylic acids is 1. The summed E-state index contributed by atoms with van der Waals surface area (Å²) in [6, 6.07) is 8.13. The number of rotatable bonds is 5. The highest BCUT2D eigenvalue weighted by Crippen LogP contribution is 2.30. The van der Waals surface area contributed by atoms with E-state index in [4.69, 9.17) is 0 Å². The summed E-state index contributed by atoms with van der Waals surface area (Å²) in [6.45, 7) is 1.88. The summed E-state index contributed by atoms with van der Waals surface area (Å²) in [5.41, 5.74) is 1.49. The van der Waals surface area contributed by atoms with Gasteiger partial charge in [-0.05, 0) is 62.4 Å². The van der Waals surface area contributed by atoms with Crippen molar-refractivity contribution in [1.29, 1.82) is 0 Å². The van der Waals surface area contributed by atoms with Gasteiger partial charge < -0.3 is 10.4 Å². The van der Waals surface area contributed by atoms with Crippen LogP contribution in [0.1, 0.15) is 59.7 Å². The lowest BCUT2D eigenvalue weighted by Crippen LogP contribution is -2.38. The number of hydrogen-bond acceptors (Lipinski definition) is 3. The van der Waals surface area contributed by atoms with Gasteiger partial charge in [-0.3, -0.25) is 14.3 Å². The maximum Gasteiger partial charge on any atom is 0.416 e. The molecule has 4 rings (SSSR count). The van der Waals surface area contributed by atoms with E-state index in [0.29, 0.717) is 53.3 Å². The van der Waals surface area contributed by atoms with Crippen LogP contribution in [0.3, 0.4) is 0 Å². The number of amides is 1. The molecule has 9 heteroatoms. The monoisotopic (exact) mass is 483 g/mol. The summed E-state index contributed by atoms with van der Waals surface area (Å²) >= 11 is 0. The molecule has 6 nitrogen and oxygen atoms in total. The smallest absolute Gasteiger partial charge is 0.416 e. The van der Waals surface area contributed by atoms with Crippen molar-refractivity contribution < 1.29 is 27.9 Å². The Kier molecular flexibility index (Phi) is 6.83. The van der Waals surface area contributed by atoms with Crippen LogP contribution in [0, 0.1) is 17.8 Å². The molecule has 1 aliphatic rings. The number of nitrogens with zero attached hydrogens (tertiary/aromatic N) is 2. The van der Waals surface area contributed by atoms with E-state index in [-0.39, 0.29) is 24.4 Å². The van der Waals surface area contributed by atoms with Crippen molar-refractivity contribution in [2.24, 2.45) is 5.92 Å². The van der Waals surface area contributed by atoms with Gasteiger partial charge in [-0.15, -0.1) is 5.92 Å². The van der Waals surface area contributed by atoms with Gasteiger partial charge in [0.1, 0.15) is 0 Å². The maximum absolute atomic E-state index is 13.2. The number of carbonyl (C=O) groups excluding carboxylic acids is 1. The molecule has 3 aromatic rings. The number of fused-ring (bicyclic) bond motifs is 1. The fraction of sp³-hybridized carbons (Fsp3) is 0.346. The molecule has 0 saturated heterocycles. The van der Waals surface area contributed by atoms with Crippen molar-refractivity contribution in [2.45, 2.75) is 51.4 Å². The summed E-state index contributed by atoms with van der Waals surface area (Å²) in [5.74, 6) is 4.34. The zero-order chi connectivity index (χ0) is 25.2. The van der Waals surface area contributed by atoms with E-state index < -0.39 is 17.7 Å². The van der Waals surface area contributed by atoms with Crippen molar-refractivity contribution in [3.05, 3.63) is 64.8 Å². The minimum Gasteiger partial charge on any atom is -0.481 e. The lowest BCUT2D eigenvalue weighted by atomic mass is 9.86. The normalized spacial score (nSPS) is 18.1. The van der Waals surface area contributed by atoms with E-state index in [2.05, 4.69) is 22.3 Å². The van der Waals surface area contributed by atoms with Crippen LogP contribution in [0.4, 0.5) is 13.2 Å². The quantitative estimate of drug-likeness (QED) is 0.509. The van der Waals surface area contributed by atoms with Gasteiger partial charge in [-0.25, -0.2) is 0 Å². The van der Waals surface area contributed by atoms with Gasteiger partial charge in [-0.1, -0.05) is 18.1 Å². The Balaban J connectivity index is 1.63. The third-order valence-corrected chi connectivity index (χ3v) is 6.33. The first-order valence-corrected chi connectivity index (χ1v) is 11.3. The molecule has 2 aromatic carbocycles. The molecule has 1 fully saturated rings. The highest BCUT2D eigenvalue weighted by atomic mass is 19.4. The Bertz CT molecular complexity index is 1310. The molecule has 1 heterocycles. The summed E-state index contributed by atoms with van der Waals surface area (Å²) in [7, 11) is 0. The van der Waals surface area contributed by atoms with Crippen LogP contribution in [0.5, 0.6) is 0 Å². The Hall–Kier alpha value is -3.80. The highest BCUT2D eigenvalue weighted by molar-refractivity contribution is 6.07. The summed E-state index contributed by atoms with van der Waals surface area (Å²) < 4.78 is 40.3. The number of nitrogens with one attached hydrogen (secondary N) is 1. The van der Waals surface area contributed by atoms with Gasteiger partial charge >= 0.3 is 12.1 Å². The molecule has 35 heavy (non-hydrogen) atoms. The average molecular weight is 483 g/mol. The number of alkyl halides is 3. The van der Waals surface area contributed by atoms with Crippen molar-refractivity contribution >= 4 is 22.8 Å². The van der Waals surface area contributed by atoms with Crippen LogP contribution >= 0.6 is 0 Å². The Morgan fingerprint density at radius 2 is 1.80 bits per heavy atom. The lowest BCUT2D eigenvalue weighted by molar-refractivity contribution is -0.143. The third kappa shape index (κ3) is 5.32. The van der Waals surface area contributed by atoms with E-state index in [1.54, 1.807) is 29.9 Å². The van der Waals surface area contributed by atoms with E-state index >= 15 is 0 Å². The molecule has 0 atom stereocenters. The minimum atomic E-state index is -4.42. The molecular weight excluding hydrogens is 459 g/mol. The number of carboxylic acids is 1. The van der Waals surface area contributed by atoms with E-state index in [9.17, 15) is 27.9 Å². The Labute approximate surface area is 200 Å². The van der Waals surface area contributed by atoms with Crippen molar-refractivity contribution in [2.75, 3.05) is 0 Å². The molecule has 0 aliphatic heterocycles. The van der Waals surface area contributed by atoms with Crippen LogP contribution in [-0.4, -0.2) is 32.8 Å². The Morgan fingerprint density at radius 3 is 2.40 bits per heavy atom. The second-order valence-corrected chi connectivity index (χ2v) is 8.66. The van der Waals surface area contributed by atoms with Gasteiger partial charge in [0.05, 0.1) is 35.3 Å².